The predicted molar refractivity (Wildman–Crippen MR) is 65.0 cm³/mol. The first kappa shape index (κ1) is 12.8. The van der Waals surface area contributed by atoms with E-state index in [4.69, 9.17) is 10.8 Å². The lowest BCUT2D eigenvalue weighted by Crippen LogP contribution is -2.31. The molecule has 1 aromatic carbocycles. The third-order valence-corrected chi connectivity index (χ3v) is 2.19. The highest BCUT2D eigenvalue weighted by atomic mass is 16.4. The lowest BCUT2D eigenvalue weighted by molar-refractivity contribution is -0.135. The van der Waals surface area contributed by atoms with Crippen molar-refractivity contribution < 1.29 is 14.7 Å². The molecule has 0 saturated heterocycles. The van der Waals surface area contributed by atoms with Crippen molar-refractivity contribution in [1.29, 1.82) is 0 Å². The van der Waals surface area contributed by atoms with Gasteiger partial charge in [-0.15, -0.1) is 6.58 Å². The lowest BCUT2D eigenvalue weighted by Gasteiger charge is -2.22. The van der Waals surface area contributed by atoms with Crippen LogP contribution in [0.15, 0.2) is 36.9 Å². The summed E-state index contributed by atoms with van der Waals surface area (Å²) >= 11 is 0. The number of nitrogens with two attached hydrogens (primary N) is 1. The lowest BCUT2D eigenvalue weighted by atomic mass is 10.1. The average molecular weight is 234 g/mol. The van der Waals surface area contributed by atoms with Crippen molar-refractivity contribution in [3.63, 3.8) is 0 Å². The van der Waals surface area contributed by atoms with Gasteiger partial charge < -0.3 is 15.7 Å². The molecule has 0 fully saturated rings. The fraction of sp³-hybridized carbons (Fsp3) is 0.167. The Balaban J connectivity index is 3.12. The molecule has 5 heteroatoms. The van der Waals surface area contributed by atoms with Crippen LogP contribution < -0.4 is 10.6 Å². The number of benzene rings is 1. The largest absolute Gasteiger partial charge is 0.480 e. The van der Waals surface area contributed by atoms with Crippen LogP contribution in [0.3, 0.4) is 0 Å². The molecule has 0 aliphatic carbocycles. The molecule has 0 spiro atoms. The minimum Gasteiger partial charge on any atom is -0.480 e. The monoisotopic (exact) mass is 234 g/mol. The first-order chi connectivity index (χ1) is 8.06. The zero-order valence-corrected chi connectivity index (χ0v) is 9.30. The fourth-order valence-electron chi connectivity index (χ4n) is 1.52. The van der Waals surface area contributed by atoms with Gasteiger partial charge in [0, 0.05) is 6.54 Å². The summed E-state index contributed by atoms with van der Waals surface area (Å²) in [5, 5.41) is 8.81. The minimum atomic E-state index is -0.980. The van der Waals surface area contributed by atoms with Gasteiger partial charge in [-0.25, -0.2) is 0 Å². The van der Waals surface area contributed by atoms with E-state index < -0.39 is 11.9 Å². The molecule has 1 aromatic rings. The third-order valence-electron chi connectivity index (χ3n) is 2.19. The Morgan fingerprint density at radius 1 is 1.41 bits per heavy atom. The Hall–Kier alpha value is -2.30. The molecule has 0 aliphatic rings. The van der Waals surface area contributed by atoms with E-state index in [1.165, 1.54) is 4.90 Å². The van der Waals surface area contributed by atoms with Crippen molar-refractivity contribution in [3.05, 3.63) is 42.5 Å². The topological polar surface area (TPSA) is 83.6 Å². The molecular weight excluding hydrogens is 220 g/mol. The molecule has 17 heavy (non-hydrogen) atoms. The minimum absolute atomic E-state index is 0.212. The Morgan fingerprint density at radius 2 is 2.06 bits per heavy atom. The molecule has 0 aliphatic heterocycles. The van der Waals surface area contributed by atoms with Crippen LogP contribution in [0, 0.1) is 0 Å². The number of aliphatic carboxylic acids is 1. The van der Waals surface area contributed by atoms with Crippen LogP contribution in [0.5, 0.6) is 0 Å². The maximum atomic E-state index is 11.2. The van der Waals surface area contributed by atoms with Crippen molar-refractivity contribution in [2.24, 2.45) is 5.73 Å². The number of nitrogens with zero attached hydrogens (tertiary/aromatic N) is 1. The number of rotatable bonds is 6. The Kier molecular flexibility index (Phi) is 4.28. The number of anilines is 1. The zero-order valence-electron chi connectivity index (χ0n) is 9.30. The predicted octanol–water partition coefficient (Wildman–Crippen LogP) is 0.863. The highest BCUT2D eigenvalue weighted by Crippen LogP contribution is 2.19. The van der Waals surface area contributed by atoms with Crippen molar-refractivity contribution in [2.75, 3.05) is 18.0 Å². The average Bonchev–Trinajstić information content (AvgIpc) is 2.28. The van der Waals surface area contributed by atoms with Crippen LogP contribution in [-0.2, 0) is 4.79 Å². The van der Waals surface area contributed by atoms with E-state index in [9.17, 15) is 9.59 Å². The SMILES string of the molecule is C=CCN(CC(=O)O)c1ccccc1C(N)=O. The summed E-state index contributed by atoms with van der Waals surface area (Å²) in [5.74, 6) is -1.56. The quantitative estimate of drug-likeness (QED) is 0.715. The molecular formula is C12H14N2O3. The first-order valence-electron chi connectivity index (χ1n) is 5.02. The molecule has 0 saturated carbocycles. The van der Waals surface area contributed by atoms with Gasteiger partial charge >= 0.3 is 5.97 Å². The molecule has 0 aromatic heterocycles. The van der Waals surface area contributed by atoms with Gasteiger partial charge in [0.05, 0.1) is 11.3 Å². The normalized spacial score (nSPS) is 9.65. The fourth-order valence-corrected chi connectivity index (χ4v) is 1.52. The molecule has 1 rings (SSSR count). The maximum Gasteiger partial charge on any atom is 0.323 e. The number of carbonyl (C=O) groups excluding carboxylic acids is 1. The molecule has 0 radical (unpaired) electrons. The molecule has 0 atom stereocenters. The summed E-state index contributed by atoms with van der Waals surface area (Å²) < 4.78 is 0. The number of hydrogen-bond acceptors (Lipinski definition) is 3. The maximum absolute atomic E-state index is 11.2. The van der Waals surface area contributed by atoms with E-state index in [1.807, 2.05) is 0 Å². The molecule has 0 unspecified atom stereocenters. The van der Waals surface area contributed by atoms with Crippen molar-refractivity contribution >= 4 is 17.6 Å². The van der Waals surface area contributed by atoms with Gasteiger partial charge in [0.25, 0.3) is 5.91 Å². The van der Waals surface area contributed by atoms with Gasteiger partial charge in [-0.1, -0.05) is 18.2 Å². The number of carboxylic acid groups (broad SMARTS) is 1. The second-order valence-electron chi connectivity index (χ2n) is 3.44. The summed E-state index contributed by atoms with van der Waals surface area (Å²) in [4.78, 5) is 23.5. The van der Waals surface area contributed by atoms with Gasteiger partial charge in [0.15, 0.2) is 0 Å². The summed E-state index contributed by atoms with van der Waals surface area (Å²) in [6.45, 7) is 3.67. The van der Waals surface area contributed by atoms with Crippen LogP contribution in [0.2, 0.25) is 0 Å². The van der Waals surface area contributed by atoms with E-state index in [1.54, 1.807) is 30.3 Å². The summed E-state index contributed by atoms with van der Waals surface area (Å²) in [5.41, 5.74) is 6.04. The molecule has 3 N–H and O–H groups in total. The number of para-hydroxylation sites is 1. The van der Waals surface area contributed by atoms with Crippen LogP contribution in [0.4, 0.5) is 5.69 Å². The van der Waals surface area contributed by atoms with E-state index in [2.05, 4.69) is 6.58 Å². The van der Waals surface area contributed by atoms with Crippen LogP contribution >= 0.6 is 0 Å². The van der Waals surface area contributed by atoms with Crippen LogP contribution in [0.25, 0.3) is 0 Å². The summed E-state index contributed by atoms with van der Waals surface area (Å²) in [6, 6.07) is 6.62. The van der Waals surface area contributed by atoms with Gasteiger partial charge in [-0.3, -0.25) is 9.59 Å². The highest BCUT2D eigenvalue weighted by Gasteiger charge is 2.15. The van der Waals surface area contributed by atoms with Crippen molar-refractivity contribution in [3.8, 4) is 0 Å². The standard InChI is InChI=1S/C12H14N2O3/c1-2-7-14(8-11(15)16)10-6-4-3-5-9(10)12(13)17/h2-6H,1,7-8H2,(H2,13,17)(H,15,16). The molecule has 0 heterocycles. The van der Waals surface area contributed by atoms with E-state index in [0.717, 1.165) is 0 Å². The van der Waals surface area contributed by atoms with E-state index >= 15 is 0 Å². The molecule has 0 bridgehead atoms. The second-order valence-corrected chi connectivity index (χ2v) is 3.44. The third kappa shape index (κ3) is 3.34. The van der Waals surface area contributed by atoms with Gasteiger partial charge in [0.2, 0.25) is 0 Å². The van der Waals surface area contributed by atoms with Gasteiger partial charge in [0.1, 0.15) is 6.54 Å². The van der Waals surface area contributed by atoms with E-state index in [0.29, 0.717) is 17.8 Å². The second kappa shape index (κ2) is 5.69. The van der Waals surface area contributed by atoms with E-state index in [-0.39, 0.29) is 6.54 Å². The number of carboxylic acids is 1. The summed E-state index contributed by atoms with van der Waals surface area (Å²) in [7, 11) is 0. The number of amides is 1. The Bertz CT molecular complexity index is 443. The summed E-state index contributed by atoms with van der Waals surface area (Å²) in [6.07, 6.45) is 1.57. The molecule has 5 nitrogen and oxygen atoms in total. The number of carbonyl (C=O) groups is 2. The molecule has 1 amide bonds. The smallest absolute Gasteiger partial charge is 0.323 e. The first-order valence-corrected chi connectivity index (χ1v) is 5.02. The van der Waals surface area contributed by atoms with Crippen molar-refractivity contribution in [1.82, 2.24) is 0 Å². The highest BCUT2D eigenvalue weighted by molar-refractivity contribution is 5.99. The van der Waals surface area contributed by atoms with Crippen molar-refractivity contribution in [2.45, 2.75) is 0 Å². The van der Waals surface area contributed by atoms with Gasteiger partial charge in [-0.2, -0.15) is 0 Å². The van der Waals surface area contributed by atoms with Crippen LogP contribution in [-0.4, -0.2) is 30.1 Å². The Labute approximate surface area is 99.1 Å². The van der Waals surface area contributed by atoms with Gasteiger partial charge in [-0.05, 0) is 12.1 Å². The van der Waals surface area contributed by atoms with Crippen LogP contribution in [0.1, 0.15) is 10.4 Å². The zero-order chi connectivity index (χ0) is 12.8. The Morgan fingerprint density at radius 3 is 2.59 bits per heavy atom. The molecule has 90 valence electrons. The number of primary amides is 1. The number of hydrogen-bond donors (Lipinski definition) is 2.